The van der Waals surface area contributed by atoms with Gasteiger partial charge in [-0.1, -0.05) is 12.1 Å². The fourth-order valence-corrected chi connectivity index (χ4v) is 2.83. The lowest BCUT2D eigenvalue weighted by Crippen LogP contribution is -1.94. The van der Waals surface area contributed by atoms with Crippen LogP contribution in [0.2, 0.25) is 0 Å². The Kier molecular flexibility index (Phi) is 2.95. The Morgan fingerprint density at radius 2 is 1.61 bits per heavy atom. The summed E-state index contributed by atoms with van der Waals surface area (Å²) in [6, 6.07) is 11.0. The molecule has 0 radical (unpaired) electrons. The quantitative estimate of drug-likeness (QED) is 0.505. The van der Waals surface area contributed by atoms with Crippen LogP contribution in [0.1, 0.15) is 16.7 Å². The van der Waals surface area contributed by atoms with Gasteiger partial charge in [-0.25, -0.2) is 4.39 Å². The van der Waals surface area contributed by atoms with E-state index in [9.17, 15) is 9.65 Å². The molecule has 3 heterocycles. The van der Waals surface area contributed by atoms with Crippen LogP contribution in [0, 0.1) is 17.1 Å². The van der Waals surface area contributed by atoms with E-state index in [0.717, 1.165) is 17.3 Å². The van der Waals surface area contributed by atoms with E-state index in [1.54, 1.807) is 24.5 Å². The van der Waals surface area contributed by atoms with Crippen molar-refractivity contribution in [1.82, 2.24) is 15.0 Å². The van der Waals surface area contributed by atoms with Crippen LogP contribution in [0.5, 0.6) is 0 Å². The summed E-state index contributed by atoms with van der Waals surface area (Å²) in [4.78, 5) is 12.5. The van der Waals surface area contributed by atoms with Crippen molar-refractivity contribution in [3.8, 4) is 17.5 Å². The molecule has 4 nitrogen and oxygen atoms in total. The minimum atomic E-state index is -0.528. The Morgan fingerprint density at radius 3 is 2.17 bits per heavy atom. The molecule has 0 unspecified atom stereocenters. The maximum atomic E-state index is 14.2. The SMILES string of the molecule is N#CC(=C1c2cccnc2-c2ncccc21)c1ccncc1F. The highest BCUT2D eigenvalue weighted by Gasteiger charge is 2.29. The number of rotatable bonds is 1. The molecule has 1 aliphatic carbocycles. The summed E-state index contributed by atoms with van der Waals surface area (Å²) in [5.41, 5.74) is 4.13. The molecule has 1 aliphatic rings. The van der Waals surface area contributed by atoms with Crippen molar-refractivity contribution in [3.05, 3.63) is 77.6 Å². The van der Waals surface area contributed by atoms with E-state index < -0.39 is 5.82 Å². The van der Waals surface area contributed by atoms with E-state index >= 15 is 0 Å². The smallest absolute Gasteiger partial charge is 0.150 e. The predicted octanol–water partition coefficient (Wildman–Crippen LogP) is 3.47. The molecule has 23 heavy (non-hydrogen) atoms. The van der Waals surface area contributed by atoms with Crippen molar-refractivity contribution in [2.24, 2.45) is 0 Å². The van der Waals surface area contributed by atoms with E-state index in [-0.39, 0.29) is 11.1 Å². The van der Waals surface area contributed by atoms with Crippen molar-refractivity contribution in [2.75, 3.05) is 0 Å². The molecule has 0 N–H and O–H groups in total. The van der Waals surface area contributed by atoms with Crippen LogP contribution in [-0.2, 0) is 0 Å². The number of pyridine rings is 3. The van der Waals surface area contributed by atoms with E-state index in [4.69, 9.17) is 0 Å². The molecule has 0 amide bonds. The molecule has 0 fully saturated rings. The van der Waals surface area contributed by atoms with Crippen LogP contribution in [0.3, 0.4) is 0 Å². The lowest BCUT2D eigenvalue weighted by atomic mass is 9.95. The standard InChI is InChI=1S/C18H9FN4/c19-15-10-21-8-5-11(15)14(9-20)16-12-3-1-6-22-17(12)18-13(16)4-2-7-23-18/h1-8,10H. The van der Waals surface area contributed by atoms with Crippen LogP contribution in [0.25, 0.3) is 22.5 Å². The summed E-state index contributed by atoms with van der Waals surface area (Å²) in [6.45, 7) is 0. The van der Waals surface area contributed by atoms with Crippen molar-refractivity contribution < 1.29 is 4.39 Å². The molecular formula is C18H9FN4. The van der Waals surface area contributed by atoms with Crippen LogP contribution in [0.15, 0.2) is 55.1 Å². The Bertz CT molecular complexity index is 954. The average molecular weight is 300 g/mol. The second-order valence-corrected chi connectivity index (χ2v) is 5.02. The van der Waals surface area contributed by atoms with E-state index in [2.05, 4.69) is 21.0 Å². The summed E-state index contributed by atoms with van der Waals surface area (Å²) in [7, 11) is 0. The summed E-state index contributed by atoms with van der Waals surface area (Å²) in [5.74, 6) is -0.528. The van der Waals surface area contributed by atoms with Gasteiger partial charge in [-0.2, -0.15) is 5.26 Å². The first-order valence-corrected chi connectivity index (χ1v) is 6.96. The lowest BCUT2D eigenvalue weighted by molar-refractivity contribution is 0.618. The van der Waals surface area contributed by atoms with Crippen LogP contribution >= 0.6 is 0 Å². The number of nitrogens with zero attached hydrogens (tertiary/aromatic N) is 4. The Balaban J connectivity index is 2.12. The summed E-state index contributed by atoms with van der Waals surface area (Å²) in [5, 5.41) is 9.68. The number of hydrogen-bond acceptors (Lipinski definition) is 4. The maximum absolute atomic E-state index is 14.2. The Labute approximate surface area is 131 Å². The molecule has 5 heteroatoms. The van der Waals surface area contributed by atoms with Gasteiger partial charge in [0.05, 0.1) is 23.2 Å². The minimum absolute atomic E-state index is 0.226. The molecule has 0 atom stereocenters. The maximum Gasteiger partial charge on any atom is 0.150 e. The molecule has 108 valence electrons. The number of nitriles is 1. The van der Waals surface area contributed by atoms with Gasteiger partial charge in [0.25, 0.3) is 0 Å². The third-order valence-electron chi connectivity index (χ3n) is 3.78. The van der Waals surface area contributed by atoms with Gasteiger partial charge in [-0.05, 0) is 18.2 Å². The van der Waals surface area contributed by atoms with Gasteiger partial charge in [0.15, 0.2) is 0 Å². The van der Waals surface area contributed by atoms with Crippen molar-refractivity contribution in [1.29, 1.82) is 5.26 Å². The summed E-state index contributed by atoms with van der Waals surface area (Å²) in [6.07, 6.45) is 5.94. The average Bonchev–Trinajstić information content (AvgIpc) is 2.92. The summed E-state index contributed by atoms with van der Waals surface area (Å²) >= 11 is 0. The van der Waals surface area contributed by atoms with Crippen LogP contribution in [0.4, 0.5) is 4.39 Å². The zero-order valence-electron chi connectivity index (χ0n) is 11.9. The highest BCUT2D eigenvalue weighted by atomic mass is 19.1. The monoisotopic (exact) mass is 300 g/mol. The minimum Gasteiger partial charge on any atom is -0.262 e. The molecule has 3 aromatic rings. The topological polar surface area (TPSA) is 62.5 Å². The third kappa shape index (κ3) is 1.93. The van der Waals surface area contributed by atoms with Crippen molar-refractivity contribution >= 4 is 11.1 Å². The predicted molar refractivity (Wildman–Crippen MR) is 83.2 cm³/mol. The molecule has 0 bridgehead atoms. The first-order valence-electron chi connectivity index (χ1n) is 6.96. The highest BCUT2D eigenvalue weighted by molar-refractivity contribution is 6.11. The fraction of sp³-hybridized carbons (Fsp3) is 0. The molecule has 0 saturated heterocycles. The second-order valence-electron chi connectivity index (χ2n) is 5.02. The molecule has 0 aliphatic heterocycles. The van der Waals surface area contributed by atoms with Gasteiger partial charge in [0, 0.05) is 40.9 Å². The van der Waals surface area contributed by atoms with Gasteiger partial charge < -0.3 is 0 Å². The lowest BCUT2D eigenvalue weighted by Gasteiger charge is -2.07. The van der Waals surface area contributed by atoms with Gasteiger partial charge in [0.2, 0.25) is 0 Å². The first-order chi connectivity index (χ1) is 11.3. The number of allylic oxidation sites excluding steroid dienone is 1. The molecule has 0 aromatic carbocycles. The van der Waals surface area contributed by atoms with Gasteiger partial charge in [-0.15, -0.1) is 0 Å². The number of aromatic nitrogens is 3. The normalized spacial score (nSPS) is 11.6. The molecule has 0 saturated carbocycles. The van der Waals surface area contributed by atoms with E-state index in [1.165, 1.54) is 12.3 Å². The summed E-state index contributed by atoms with van der Waals surface area (Å²) < 4.78 is 14.2. The highest BCUT2D eigenvalue weighted by Crippen LogP contribution is 2.45. The zero-order valence-corrected chi connectivity index (χ0v) is 11.9. The largest absolute Gasteiger partial charge is 0.262 e. The molecule has 4 rings (SSSR count). The molecular weight excluding hydrogens is 291 g/mol. The van der Waals surface area contributed by atoms with Crippen LogP contribution < -0.4 is 0 Å². The number of fused-ring (bicyclic) bond motifs is 3. The molecule has 0 spiro atoms. The van der Waals surface area contributed by atoms with E-state index in [0.29, 0.717) is 17.0 Å². The Hall–Kier alpha value is -3.39. The van der Waals surface area contributed by atoms with Crippen molar-refractivity contribution in [2.45, 2.75) is 0 Å². The molecule has 3 aromatic heterocycles. The second kappa shape index (κ2) is 5.11. The van der Waals surface area contributed by atoms with Crippen LogP contribution in [-0.4, -0.2) is 15.0 Å². The van der Waals surface area contributed by atoms with Crippen molar-refractivity contribution in [3.63, 3.8) is 0 Å². The van der Waals surface area contributed by atoms with Gasteiger partial charge >= 0.3 is 0 Å². The first kappa shape index (κ1) is 13.3. The fourth-order valence-electron chi connectivity index (χ4n) is 2.83. The number of halogens is 1. The Morgan fingerprint density at radius 1 is 0.957 bits per heavy atom. The number of hydrogen-bond donors (Lipinski definition) is 0. The van der Waals surface area contributed by atoms with Gasteiger partial charge in [0.1, 0.15) is 11.9 Å². The zero-order chi connectivity index (χ0) is 15.8. The van der Waals surface area contributed by atoms with E-state index in [1.807, 2.05) is 12.1 Å². The van der Waals surface area contributed by atoms with Gasteiger partial charge in [-0.3, -0.25) is 15.0 Å². The third-order valence-corrected chi connectivity index (χ3v) is 3.78.